The molecule has 2 rings (SSSR count). The lowest BCUT2D eigenvalue weighted by molar-refractivity contribution is 0.479. The second-order valence-electron chi connectivity index (χ2n) is 4.67. The number of nitrogens with zero attached hydrogens (tertiary/aromatic N) is 1. The smallest absolute Gasteiger partial charge is 0.0463 e. The maximum atomic E-state index is 5.66. The minimum Gasteiger partial charge on any atom is -0.271 e. The van der Waals surface area contributed by atoms with E-state index in [4.69, 9.17) is 5.84 Å². The van der Waals surface area contributed by atoms with Crippen LogP contribution in [0.2, 0.25) is 0 Å². The van der Waals surface area contributed by atoms with Crippen molar-refractivity contribution in [1.82, 2.24) is 10.4 Å². The summed E-state index contributed by atoms with van der Waals surface area (Å²) in [5.74, 6) is 6.63. The van der Waals surface area contributed by atoms with Gasteiger partial charge in [-0.25, -0.2) is 0 Å². The summed E-state index contributed by atoms with van der Waals surface area (Å²) in [5, 5.41) is 0. The van der Waals surface area contributed by atoms with E-state index in [1.54, 1.807) is 0 Å². The minimum absolute atomic E-state index is 0.290. The molecule has 0 aromatic carbocycles. The predicted molar refractivity (Wildman–Crippen MR) is 65.6 cm³/mol. The van der Waals surface area contributed by atoms with Gasteiger partial charge in [-0.15, -0.1) is 0 Å². The van der Waals surface area contributed by atoms with Gasteiger partial charge < -0.3 is 0 Å². The third kappa shape index (κ3) is 2.80. The molecule has 88 valence electrons. The Labute approximate surface area is 97.4 Å². The summed E-state index contributed by atoms with van der Waals surface area (Å²) in [6, 6.07) is 2.38. The summed E-state index contributed by atoms with van der Waals surface area (Å²) in [4.78, 5) is 4.17. The van der Waals surface area contributed by atoms with Crippen molar-refractivity contribution in [2.75, 3.05) is 0 Å². The van der Waals surface area contributed by atoms with Crippen molar-refractivity contribution in [3.63, 3.8) is 0 Å². The maximum Gasteiger partial charge on any atom is 0.0463 e. The highest BCUT2D eigenvalue weighted by Gasteiger charge is 2.23. The number of pyridine rings is 1. The number of nitrogens with two attached hydrogens (primary N) is 1. The Hall–Kier alpha value is -0.930. The van der Waals surface area contributed by atoms with Crippen molar-refractivity contribution in [2.45, 2.75) is 45.1 Å². The molecule has 1 aromatic rings. The molecule has 3 N–H and O–H groups in total. The van der Waals surface area contributed by atoms with Gasteiger partial charge >= 0.3 is 0 Å². The topological polar surface area (TPSA) is 50.9 Å². The zero-order valence-corrected chi connectivity index (χ0v) is 9.95. The number of aryl methyl sites for hydroxylation is 1. The summed E-state index contributed by atoms with van der Waals surface area (Å²) >= 11 is 0. The van der Waals surface area contributed by atoms with Crippen LogP contribution in [0.5, 0.6) is 0 Å². The number of hydrazine groups is 1. The third-order valence-electron chi connectivity index (χ3n) is 3.46. The molecule has 0 amide bonds. The summed E-state index contributed by atoms with van der Waals surface area (Å²) < 4.78 is 0. The van der Waals surface area contributed by atoms with Crippen LogP contribution in [0.1, 0.15) is 49.8 Å². The van der Waals surface area contributed by atoms with Crippen LogP contribution in [0.25, 0.3) is 0 Å². The monoisotopic (exact) mass is 219 g/mol. The number of hydrogen-bond acceptors (Lipinski definition) is 3. The fourth-order valence-electron chi connectivity index (χ4n) is 2.21. The Bertz CT molecular complexity index is 334. The molecular weight excluding hydrogens is 198 g/mol. The fourth-order valence-corrected chi connectivity index (χ4v) is 2.21. The van der Waals surface area contributed by atoms with E-state index in [-0.39, 0.29) is 0 Å². The first-order valence-corrected chi connectivity index (χ1v) is 6.24. The Morgan fingerprint density at radius 1 is 1.56 bits per heavy atom. The van der Waals surface area contributed by atoms with E-state index in [1.807, 2.05) is 12.4 Å². The van der Waals surface area contributed by atoms with Crippen molar-refractivity contribution in [3.05, 3.63) is 29.6 Å². The Balaban J connectivity index is 2.04. The number of aromatic nitrogens is 1. The molecule has 0 spiro atoms. The van der Waals surface area contributed by atoms with Crippen molar-refractivity contribution in [1.29, 1.82) is 0 Å². The quantitative estimate of drug-likeness (QED) is 0.570. The maximum absolute atomic E-state index is 5.66. The van der Waals surface area contributed by atoms with Crippen molar-refractivity contribution in [2.24, 2.45) is 11.8 Å². The first-order valence-electron chi connectivity index (χ1n) is 6.24. The molecule has 16 heavy (non-hydrogen) atoms. The van der Waals surface area contributed by atoms with Crippen LogP contribution in [-0.4, -0.2) is 4.98 Å². The highest BCUT2D eigenvalue weighted by Crippen LogP contribution is 2.36. The van der Waals surface area contributed by atoms with E-state index < -0.39 is 0 Å². The summed E-state index contributed by atoms with van der Waals surface area (Å²) in [6.45, 7) is 2.16. The zero-order valence-electron chi connectivity index (χ0n) is 9.95. The Kier molecular flexibility index (Phi) is 3.91. The standard InChI is InChI=1S/C13H21N3/c1-2-11-9-15-8-7-12(11)13(16-14)6-5-10-3-4-10/h7-10,13,16H,2-6,14H2,1H3. The Morgan fingerprint density at radius 3 is 3.00 bits per heavy atom. The number of rotatable bonds is 6. The molecule has 3 nitrogen and oxygen atoms in total. The van der Waals surface area contributed by atoms with E-state index in [1.165, 1.54) is 30.4 Å². The van der Waals surface area contributed by atoms with Gasteiger partial charge in [-0.1, -0.05) is 19.8 Å². The van der Waals surface area contributed by atoms with Crippen molar-refractivity contribution in [3.8, 4) is 0 Å². The molecule has 1 aliphatic carbocycles. The molecule has 1 unspecified atom stereocenters. The molecule has 1 aromatic heterocycles. The summed E-state index contributed by atoms with van der Waals surface area (Å²) in [5.41, 5.74) is 5.58. The van der Waals surface area contributed by atoms with E-state index in [0.717, 1.165) is 18.8 Å². The zero-order chi connectivity index (χ0) is 11.4. The average molecular weight is 219 g/mol. The third-order valence-corrected chi connectivity index (χ3v) is 3.46. The van der Waals surface area contributed by atoms with Crippen LogP contribution in [-0.2, 0) is 6.42 Å². The van der Waals surface area contributed by atoms with Gasteiger partial charge in [0.05, 0.1) is 0 Å². The van der Waals surface area contributed by atoms with Gasteiger partial charge in [0.2, 0.25) is 0 Å². The summed E-state index contributed by atoms with van der Waals surface area (Å²) in [6.07, 6.45) is 10.1. The Morgan fingerprint density at radius 2 is 2.38 bits per heavy atom. The van der Waals surface area contributed by atoms with Crippen LogP contribution >= 0.6 is 0 Å². The van der Waals surface area contributed by atoms with Gasteiger partial charge in [0.1, 0.15) is 0 Å². The predicted octanol–water partition coefficient (Wildman–Crippen LogP) is 2.34. The van der Waals surface area contributed by atoms with E-state index >= 15 is 0 Å². The van der Waals surface area contributed by atoms with Crippen LogP contribution < -0.4 is 11.3 Å². The van der Waals surface area contributed by atoms with Crippen LogP contribution in [0.4, 0.5) is 0 Å². The van der Waals surface area contributed by atoms with E-state index in [2.05, 4.69) is 23.4 Å². The molecule has 1 heterocycles. The van der Waals surface area contributed by atoms with Crippen LogP contribution in [0.3, 0.4) is 0 Å². The van der Waals surface area contributed by atoms with Crippen molar-refractivity contribution >= 4 is 0 Å². The van der Waals surface area contributed by atoms with E-state index in [0.29, 0.717) is 6.04 Å². The van der Waals surface area contributed by atoms with Gasteiger partial charge in [0.25, 0.3) is 0 Å². The van der Waals surface area contributed by atoms with E-state index in [9.17, 15) is 0 Å². The molecule has 0 saturated heterocycles. The molecule has 1 aliphatic rings. The lowest BCUT2D eigenvalue weighted by Crippen LogP contribution is -2.28. The average Bonchev–Trinajstić information content (AvgIpc) is 3.14. The molecule has 3 heteroatoms. The molecular formula is C13H21N3. The molecule has 0 bridgehead atoms. The van der Waals surface area contributed by atoms with Gasteiger partial charge in [-0.2, -0.15) is 0 Å². The molecule has 1 atom stereocenters. The lowest BCUT2D eigenvalue weighted by Gasteiger charge is -2.18. The largest absolute Gasteiger partial charge is 0.271 e. The SMILES string of the molecule is CCc1cnccc1C(CCC1CC1)NN. The normalized spacial score (nSPS) is 17.4. The van der Waals surface area contributed by atoms with Gasteiger partial charge in [-0.05, 0) is 42.4 Å². The fraction of sp³-hybridized carbons (Fsp3) is 0.615. The summed E-state index contributed by atoms with van der Waals surface area (Å²) in [7, 11) is 0. The van der Waals surface area contributed by atoms with Gasteiger partial charge in [0, 0.05) is 18.4 Å². The highest BCUT2D eigenvalue weighted by molar-refractivity contribution is 5.26. The lowest BCUT2D eigenvalue weighted by atomic mass is 9.97. The minimum atomic E-state index is 0.290. The van der Waals surface area contributed by atoms with Crippen LogP contribution in [0.15, 0.2) is 18.5 Å². The highest BCUT2D eigenvalue weighted by atomic mass is 15.2. The molecule has 1 fully saturated rings. The van der Waals surface area contributed by atoms with Gasteiger partial charge in [0.15, 0.2) is 0 Å². The van der Waals surface area contributed by atoms with Crippen molar-refractivity contribution < 1.29 is 0 Å². The van der Waals surface area contributed by atoms with Gasteiger partial charge in [-0.3, -0.25) is 16.3 Å². The first-order chi connectivity index (χ1) is 7.85. The molecule has 0 aliphatic heterocycles. The first kappa shape index (κ1) is 11.6. The molecule has 0 radical (unpaired) electrons. The number of hydrogen-bond donors (Lipinski definition) is 2. The molecule has 1 saturated carbocycles. The number of nitrogens with one attached hydrogen (secondary N) is 1. The van der Waals surface area contributed by atoms with Crippen LogP contribution in [0, 0.1) is 5.92 Å². The second kappa shape index (κ2) is 5.41. The second-order valence-corrected chi connectivity index (χ2v) is 4.67.